The lowest BCUT2D eigenvalue weighted by Gasteiger charge is -2.14. The van der Waals surface area contributed by atoms with Gasteiger partial charge in [0.25, 0.3) is 0 Å². The third kappa shape index (κ3) is 4.59. The Balaban J connectivity index is 2.55. The summed E-state index contributed by atoms with van der Waals surface area (Å²) in [4.78, 5) is 22.8. The topological polar surface area (TPSA) is 87.7 Å². The van der Waals surface area contributed by atoms with Crippen molar-refractivity contribution in [2.24, 2.45) is 0 Å². The molecule has 1 atom stereocenters. The minimum atomic E-state index is -0.755. The Morgan fingerprint density at radius 2 is 1.89 bits per heavy atom. The fraction of sp³-hybridized carbons (Fsp3) is 0.385. The summed E-state index contributed by atoms with van der Waals surface area (Å²) >= 11 is 0. The van der Waals surface area contributed by atoms with Crippen LogP contribution in [0.3, 0.4) is 0 Å². The van der Waals surface area contributed by atoms with E-state index in [1.54, 1.807) is 26.2 Å². The summed E-state index contributed by atoms with van der Waals surface area (Å²) in [6.07, 6.45) is 0. The number of hydrogen-bond donors (Lipinski definition) is 3. The highest BCUT2D eigenvalue weighted by Gasteiger charge is 2.16. The van der Waals surface area contributed by atoms with E-state index in [0.717, 1.165) is 11.3 Å². The highest BCUT2D eigenvalue weighted by Crippen LogP contribution is 2.16. The van der Waals surface area contributed by atoms with Gasteiger partial charge in [-0.3, -0.25) is 9.59 Å². The zero-order chi connectivity index (χ0) is 14.3. The Morgan fingerprint density at radius 3 is 2.42 bits per heavy atom. The third-order valence-corrected chi connectivity index (χ3v) is 2.57. The highest BCUT2D eigenvalue weighted by molar-refractivity contribution is 6.35. The van der Waals surface area contributed by atoms with Gasteiger partial charge in [-0.2, -0.15) is 0 Å². The SMILES string of the molecule is COc1ccc(C(C)NC(=O)C(=O)NCCO)cc1. The molecule has 104 valence electrons. The van der Waals surface area contributed by atoms with E-state index in [1.165, 1.54) is 0 Å². The average Bonchev–Trinajstić information content (AvgIpc) is 2.44. The van der Waals surface area contributed by atoms with Crippen LogP contribution in [0.25, 0.3) is 0 Å². The van der Waals surface area contributed by atoms with Crippen LogP contribution in [-0.2, 0) is 9.59 Å². The first kappa shape index (κ1) is 15.0. The maximum Gasteiger partial charge on any atom is 0.309 e. The molecule has 0 saturated carbocycles. The molecular formula is C13H18N2O4. The van der Waals surface area contributed by atoms with E-state index in [0.29, 0.717) is 0 Å². The second kappa shape index (κ2) is 7.38. The number of amides is 2. The summed E-state index contributed by atoms with van der Waals surface area (Å²) in [5, 5.41) is 13.4. The zero-order valence-corrected chi connectivity index (χ0v) is 11.0. The highest BCUT2D eigenvalue weighted by atomic mass is 16.5. The Kier molecular flexibility index (Phi) is 5.81. The monoisotopic (exact) mass is 266 g/mol. The Bertz CT molecular complexity index is 431. The van der Waals surface area contributed by atoms with Crippen molar-refractivity contribution in [1.82, 2.24) is 10.6 Å². The third-order valence-electron chi connectivity index (χ3n) is 2.57. The van der Waals surface area contributed by atoms with E-state index in [2.05, 4.69) is 10.6 Å². The maximum atomic E-state index is 11.5. The molecule has 1 unspecified atom stereocenters. The minimum absolute atomic E-state index is 0.0587. The van der Waals surface area contributed by atoms with Crippen molar-refractivity contribution in [3.8, 4) is 5.75 Å². The van der Waals surface area contributed by atoms with Gasteiger partial charge in [0.1, 0.15) is 5.75 Å². The van der Waals surface area contributed by atoms with Gasteiger partial charge in [0, 0.05) is 6.54 Å². The van der Waals surface area contributed by atoms with Gasteiger partial charge in [-0.1, -0.05) is 12.1 Å². The molecule has 2 amide bonds. The number of hydrogen-bond acceptors (Lipinski definition) is 4. The molecule has 6 heteroatoms. The number of aliphatic hydroxyl groups is 1. The summed E-state index contributed by atoms with van der Waals surface area (Å²) in [5.74, 6) is -0.755. The lowest BCUT2D eigenvalue weighted by molar-refractivity contribution is -0.139. The average molecular weight is 266 g/mol. The van der Waals surface area contributed by atoms with E-state index < -0.39 is 11.8 Å². The van der Waals surface area contributed by atoms with Crippen LogP contribution in [0.4, 0.5) is 0 Å². The van der Waals surface area contributed by atoms with Crippen molar-refractivity contribution in [2.75, 3.05) is 20.3 Å². The molecule has 19 heavy (non-hydrogen) atoms. The van der Waals surface area contributed by atoms with Crippen LogP contribution in [0.2, 0.25) is 0 Å². The van der Waals surface area contributed by atoms with Crippen molar-refractivity contribution in [3.05, 3.63) is 29.8 Å². The number of aliphatic hydroxyl groups excluding tert-OH is 1. The molecule has 0 fully saturated rings. The predicted octanol–water partition coefficient (Wildman–Crippen LogP) is -0.0191. The quantitative estimate of drug-likeness (QED) is 0.654. The van der Waals surface area contributed by atoms with Crippen LogP contribution < -0.4 is 15.4 Å². The zero-order valence-electron chi connectivity index (χ0n) is 11.0. The maximum absolute atomic E-state index is 11.5. The number of methoxy groups -OCH3 is 1. The molecule has 0 spiro atoms. The van der Waals surface area contributed by atoms with Crippen LogP contribution in [0, 0.1) is 0 Å². The van der Waals surface area contributed by atoms with Crippen molar-refractivity contribution in [3.63, 3.8) is 0 Å². The van der Waals surface area contributed by atoms with Crippen molar-refractivity contribution in [2.45, 2.75) is 13.0 Å². The summed E-state index contributed by atoms with van der Waals surface area (Å²) in [6.45, 7) is 1.63. The van der Waals surface area contributed by atoms with Gasteiger partial charge in [0.2, 0.25) is 0 Å². The van der Waals surface area contributed by atoms with Gasteiger partial charge < -0.3 is 20.5 Å². The molecule has 1 aromatic rings. The first-order valence-electron chi connectivity index (χ1n) is 5.92. The van der Waals surface area contributed by atoms with Gasteiger partial charge in [-0.05, 0) is 24.6 Å². The molecular weight excluding hydrogens is 248 g/mol. The summed E-state index contributed by atoms with van der Waals surface area (Å²) in [7, 11) is 1.58. The summed E-state index contributed by atoms with van der Waals surface area (Å²) in [6, 6.07) is 6.90. The predicted molar refractivity (Wildman–Crippen MR) is 69.6 cm³/mol. The molecule has 0 radical (unpaired) electrons. The second-order valence-corrected chi connectivity index (χ2v) is 3.95. The molecule has 0 aliphatic heterocycles. The van der Waals surface area contributed by atoms with Gasteiger partial charge >= 0.3 is 11.8 Å². The van der Waals surface area contributed by atoms with Crippen LogP contribution in [-0.4, -0.2) is 37.2 Å². The molecule has 0 bridgehead atoms. The van der Waals surface area contributed by atoms with Crippen LogP contribution in [0.1, 0.15) is 18.5 Å². The van der Waals surface area contributed by atoms with Gasteiger partial charge in [-0.25, -0.2) is 0 Å². The Morgan fingerprint density at radius 1 is 1.26 bits per heavy atom. The minimum Gasteiger partial charge on any atom is -0.497 e. The van der Waals surface area contributed by atoms with Crippen LogP contribution >= 0.6 is 0 Å². The number of nitrogens with one attached hydrogen (secondary N) is 2. The Labute approximate surface area is 111 Å². The molecule has 0 heterocycles. The second-order valence-electron chi connectivity index (χ2n) is 3.95. The van der Waals surface area contributed by atoms with Gasteiger partial charge in [-0.15, -0.1) is 0 Å². The number of ether oxygens (including phenoxy) is 1. The smallest absolute Gasteiger partial charge is 0.309 e. The first-order chi connectivity index (χ1) is 9.08. The molecule has 0 saturated heterocycles. The van der Waals surface area contributed by atoms with E-state index in [4.69, 9.17) is 9.84 Å². The molecule has 1 rings (SSSR count). The number of benzene rings is 1. The lowest BCUT2D eigenvalue weighted by atomic mass is 10.1. The van der Waals surface area contributed by atoms with Crippen LogP contribution in [0.5, 0.6) is 5.75 Å². The van der Waals surface area contributed by atoms with Crippen molar-refractivity contribution in [1.29, 1.82) is 0 Å². The van der Waals surface area contributed by atoms with Crippen molar-refractivity contribution >= 4 is 11.8 Å². The fourth-order valence-electron chi connectivity index (χ4n) is 1.49. The van der Waals surface area contributed by atoms with Gasteiger partial charge in [0.05, 0.1) is 19.8 Å². The summed E-state index contributed by atoms with van der Waals surface area (Å²) in [5.41, 5.74) is 0.865. The fourth-order valence-corrected chi connectivity index (χ4v) is 1.49. The molecule has 0 aliphatic rings. The normalized spacial score (nSPS) is 11.5. The molecule has 3 N–H and O–H groups in total. The molecule has 6 nitrogen and oxygen atoms in total. The largest absolute Gasteiger partial charge is 0.497 e. The van der Waals surface area contributed by atoms with Gasteiger partial charge in [0.15, 0.2) is 0 Å². The number of rotatable bonds is 5. The lowest BCUT2D eigenvalue weighted by Crippen LogP contribution is -2.41. The number of carbonyl (C=O) groups excluding carboxylic acids is 2. The van der Waals surface area contributed by atoms with E-state index in [1.807, 2.05) is 12.1 Å². The van der Waals surface area contributed by atoms with E-state index >= 15 is 0 Å². The first-order valence-corrected chi connectivity index (χ1v) is 5.92. The van der Waals surface area contributed by atoms with E-state index in [-0.39, 0.29) is 19.2 Å². The van der Waals surface area contributed by atoms with Crippen LogP contribution in [0.15, 0.2) is 24.3 Å². The molecule has 0 aromatic heterocycles. The molecule has 1 aromatic carbocycles. The molecule has 0 aliphatic carbocycles. The Hall–Kier alpha value is -2.08. The number of carbonyl (C=O) groups is 2. The summed E-state index contributed by atoms with van der Waals surface area (Å²) < 4.78 is 5.04. The van der Waals surface area contributed by atoms with Crippen molar-refractivity contribution < 1.29 is 19.4 Å². The van der Waals surface area contributed by atoms with E-state index in [9.17, 15) is 9.59 Å². The standard InChI is InChI=1S/C13H18N2O4/c1-9(10-3-5-11(19-2)6-4-10)15-13(18)12(17)14-7-8-16/h3-6,9,16H,7-8H2,1-2H3,(H,14,17)(H,15,18).